The third kappa shape index (κ3) is 2.93. The minimum absolute atomic E-state index is 0.701. The molecule has 0 unspecified atom stereocenters. The molecule has 104 valence electrons. The van der Waals surface area contributed by atoms with E-state index in [-0.39, 0.29) is 0 Å². The summed E-state index contributed by atoms with van der Waals surface area (Å²) in [5.41, 5.74) is 4.38. The van der Waals surface area contributed by atoms with Crippen LogP contribution in [-0.2, 0) is 13.0 Å². The van der Waals surface area contributed by atoms with Crippen molar-refractivity contribution in [2.24, 2.45) is 0 Å². The maximum absolute atomic E-state index is 3.72. The number of nitrogens with one attached hydrogen (secondary N) is 1. The van der Waals surface area contributed by atoms with E-state index in [9.17, 15) is 0 Å². The van der Waals surface area contributed by atoms with Crippen molar-refractivity contribution in [3.63, 3.8) is 0 Å². The van der Waals surface area contributed by atoms with Gasteiger partial charge in [-0.05, 0) is 56.6 Å². The van der Waals surface area contributed by atoms with E-state index in [4.69, 9.17) is 0 Å². The quantitative estimate of drug-likeness (QED) is 0.894. The Bertz CT molecular complexity index is 436. The molecule has 3 heteroatoms. The molecule has 3 rings (SSSR count). The maximum Gasteiger partial charge on any atom is 0.0397 e. The highest BCUT2D eigenvalue weighted by atomic mass is 15.1. The normalized spacial score (nSPS) is 20.8. The van der Waals surface area contributed by atoms with Crippen LogP contribution >= 0.6 is 0 Å². The second kappa shape index (κ2) is 5.51. The van der Waals surface area contributed by atoms with Gasteiger partial charge in [0.05, 0.1) is 0 Å². The Hall–Kier alpha value is -1.06. The molecule has 0 atom stereocenters. The first kappa shape index (κ1) is 12.9. The average molecular weight is 259 g/mol. The summed E-state index contributed by atoms with van der Waals surface area (Å²) in [6.07, 6.45) is 3.77. The van der Waals surface area contributed by atoms with Crippen LogP contribution in [0, 0.1) is 0 Å². The SMILES string of the molecule is CN1CCC(NCc2ccc3c(c2)CCN3C)CC1. The van der Waals surface area contributed by atoms with Gasteiger partial charge in [0.25, 0.3) is 0 Å². The van der Waals surface area contributed by atoms with Crippen LogP contribution in [0.25, 0.3) is 0 Å². The predicted molar refractivity (Wildman–Crippen MR) is 80.8 cm³/mol. The van der Waals surface area contributed by atoms with Crippen LogP contribution in [0.15, 0.2) is 18.2 Å². The Morgan fingerprint density at radius 2 is 1.95 bits per heavy atom. The Morgan fingerprint density at radius 3 is 2.74 bits per heavy atom. The molecule has 0 amide bonds. The van der Waals surface area contributed by atoms with Crippen LogP contribution in [0.3, 0.4) is 0 Å². The molecule has 0 aliphatic carbocycles. The van der Waals surface area contributed by atoms with Crippen molar-refractivity contribution in [3.05, 3.63) is 29.3 Å². The Balaban J connectivity index is 1.56. The lowest BCUT2D eigenvalue weighted by Crippen LogP contribution is -2.40. The third-order valence-electron chi connectivity index (χ3n) is 4.59. The molecular formula is C16H25N3. The number of likely N-dealkylation sites (tertiary alicyclic amines) is 1. The molecule has 1 aromatic rings. The number of likely N-dealkylation sites (N-methyl/N-ethyl adjacent to an activating group) is 1. The zero-order valence-corrected chi connectivity index (χ0v) is 12.2. The number of hydrogen-bond donors (Lipinski definition) is 1. The molecule has 1 fully saturated rings. The van der Waals surface area contributed by atoms with Gasteiger partial charge in [0, 0.05) is 31.9 Å². The van der Waals surface area contributed by atoms with Crippen LogP contribution in [0.2, 0.25) is 0 Å². The summed E-state index contributed by atoms with van der Waals surface area (Å²) >= 11 is 0. The van der Waals surface area contributed by atoms with E-state index in [1.54, 1.807) is 0 Å². The number of rotatable bonds is 3. The van der Waals surface area contributed by atoms with E-state index >= 15 is 0 Å². The topological polar surface area (TPSA) is 18.5 Å². The molecule has 1 saturated heterocycles. The van der Waals surface area contributed by atoms with Crippen molar-refractivity contribution >= 4 is 5.69 Å². The Labute approximate surface area is 116 Å². The molecule has 2 aliphatic rings. The smallest absolute Gasteiger partial charge is 0.0397 e. The molecule has 1 aromatic carbocycles. The molecule has 2 aliphatic heterocycles. The summed E-state index contributed by atoms with van der Waals surface area (Å²) in [6.45, 7) is 4.64. The maximum atomic E-state index is 3.72. The van der Waals surface area contributed by atoms with Gasteiger partial charge in [0.1, 0.15) is 0 Å². The average Bonchev–Trinajstić information content (AvgIpc) is 2.79. The van der Waals surface area contributed by atoms with Crippen LogP contribution in [0.1, 0.15) is 24.0 Å². The Kier molecular flexibility index (Phi) is 3.76. The number of benzene rings is 1. The van der Waals surface area contributed by atoms with E-state index < -0.39 is 0 Å². The van der Waals surface area contributed by atoms with E-state index in [2.05, 4.69) is 47.4 Å². The largest absolute Gasteiger partial charge is 0.374 e. The second-order valence-electron chi connectivity index (χ2n) is 6.09. The first-order valence-electron chi connectivity index (χ1n) is 7.47. The zero-order valence-electron chi connectivity index (χ0n) is 12.2. The second-order valence-corrected chi connectivity index (χ2v) is 6.09. The number of hydrogen-bond acceptors (Lipinski definition) is 3. The van der Waals surface area contributed by atoms with Crippen LogP contribution in [0.4, 0.5) is 5.69 Å². The fourth-order valence-electron chi connectivity index (χ4n) is 3.20. The van der Waals surface area contributed by atoms with Gasteiger partial charge in [-0.3, -0.25) is 0 Å². The predicted octanol–water partition coefficient (Wildman–Crippen LogP) is 1.86. The van der Waals surface area contributed by atoms with Crippen LogP contribution in [0.5, 0.6) is 0 Å². The van der Waals surface area contributed by atoms with Gasteiger partial charge in [-0.2, -0.15) is 0 Å². The van der Waals surface area contributed by atoms with E-state index in [1.807, 2.05) is 0 Å². The Morgan fingerprint density at radius 1 is 1.16 bits per heavy atom. The molecule has 0 bridgehead atoms. The highest BCUT2D eigenvalue weighted by Crippen LogP contribution is 2.27. The van der Waals surface area contributed by atoms with E-state index in [0.29, 0.717) is 6.04 Å². The fraction of sp³-hybridized carbons (Fsp3) is 0.625. The van der Waals surface area contributed by atoms with Crippen molar-refractivity contribution in [1.82, 2.24) is 10.2 Å². The minimum Gasteiger partial charge on any atom is -0.374 e. The summed E-state index contributed by atoms with van der Waals surface area (Å²) in [4.78, 5) is 4.77. The van der Waals surface area contributed by atoms with Crippen molar-refractivity contribution in [2.45, 2.75) is 31.8 Å². The highest BCUT2D eigenvalue weighted by molar-refractivity contribution is 5.58. The number of nitrogens with zero attached hydrogens (tertiary/aromatic N) is 2. The molecule has 0 spiro atoms. The minimum atomic E-state index is 0.701. The molecule has 3 nitrogen and oxygen atoms in total. The molecule has 2 heterocycles. The van der Waals surface area contributed by atoms with Gasteiger partial charge in [-0.1, -0.05) is 12.1 Å². The first-order valence-corrected chi connectivity index (χ1v) is 7.47. The summed E-state index contributed by atoms with van der Waals surface area (Å²) in [5, 5.41) is 3.72. The van der Waals surface area contributed by atoms with Gasteiger partial charge < -0.3 is 15.1 Å². The van der Waals surface area contributed by atoms with Crippen molar-refractivity contribution in [3.8, 4) is 0 Å². The molecule has 0 radical (unpaired) electrons. The summed E-state index contributed by atoms with van der Waals surface area (Å²) in [5.74, 6) is 0. The lowest BCUT2D eigenvalue weighted by molar-refractivity contribution is 0.234. The molecule has 0 aromatic heterocycles. The lowest BCUT2D eigenvalue weighted by atomic mass is 10.0. The monoisotopic (exact) mass is 259 g/mol. The number of piperidine rings is 1. The van der Waals surface area contributed by atoms with Crippen molar-refractivity contribution in [1.29, 1.82) is 0 Å². The van der Waals surface area contributed by atoms with Crippen LogP contribution in [-0.4, -0.2) is 44.7 Å². The standard InChI is InChI=1S/C16H25N3/c1-18-8-6-15(7-9-18)17-12-13-3-4-16-14(11-13)5-10-19(16)2/h3-4,11,15,17H,5-10,12H2,1-2H3. The summed E-state index contributed by atoms with van der Waals surface area (Å²) < 4.78 is 0. The highest BCUT2D eigenvalue weighted by Gasteiger charge is 2.17. The summed E-state index contributed by atoms with van der Waals surface area (Å²) in [7, 11) is 4.40. The van der Waals surface area contributed by atoms with E-state index in [0.717, 1.165) is 6.54 Å². The molecule has 19 heavy (non-hydrogen) atoms. The summed E-state index contributed by atoms with van der Waals surface area (Å²) in [6, 6.07) is 7.66. The van der Waals surface area contributed by atoms with Gasteiger partial charge in [0.2, 0.25) is 0 Å². The first-order chi connectivity index (χ1) is 9.22. The van der Waals surface area contributed by atoms with Crippen molar-refractivity contribution < 1.29 is 0 Å². The number of fused-ring (bicyclic) bond motifs is 1. The number of anilines is 1. The molecule has 0 saturated carbocycles. The van der Waals surface area contributed by atoms with Crippen molar-refractivity contribution in [2.75, 3.05) is 38.6 Å². The fourth-order valence-corrected chi connectivity index (χ4v) is 3.20. The van der Waals surface area contributed by atoms with Gasteiger partial charge in [-0.25, -0.2) is 0 Å². The zero-order chi connectivity index (χ0) is 13.2. The molecule has 1 N–H and O–H groups in total. The third-order valence-corrected chi connectivity index (χ3v) is 4.59. The van der Waals surface area contributed by atoms with E-state index in [1.165, 1.54) is 55.7 Å². The van der Waals surface area contributed by atoms with Gasteiger partial charge in [-0.15, -0.1) is 0 Å². The lowest BCUT2D eigenvalue weighted by Gasteiger charge is -2.29. The van der Waals surface area contributed by atoms with Gasteiger partial charge >= 0.3 is 0 Å². The molecular weight excluding hydrogens is 234 g/mol. The van der Waals surface area contributed by atoms with Crippen LogP contribution < -0.4 is 10.2 Å². The van der Waals surface area contributed by atoms with Gasteiger partial charge in [0.15, 0.2) is 0 Å².